The highest BCUT2D eigenvalue weighted by atomic mass is 32.1. The van der Waals surface area contributed by atoms with Gasteiger partial charge in [0.2, 0.25) is 5.78 Å². The number of amides is 1. The fourth-order valence-corrected chi connectivity index (χ4v) is 4.65. The number of halogens is 1. The number of aliphatic hydroxyl groups excluding tert-OH is 1. The number of ketones is 1. The molecule has 2 aliphatic heterocycles. The van der Waals surface area contributed by atoms with Gasteiger partial charge in [-0.3, -0.25) is 14.5 Å². The van der Waals surface area contributed by atoms with Gasteiger partial charge in [0.25, 0.3) is 5.91 Å². The summed E-state index contributed by atoms with van der Waals surface area (Å²) in [5.74, 6) is -2.00. The molecule has 1 fully saturated rings. The third-order valence-electron chi connectivity index (χ3n) is 5.43. The van der Waals surface area contributed by atoms with E-state index in [-0.39, 0.29) is 5.57 Å². The summed E-state index contributed by atoms with van der Waals surface area (Å²) >= 11 is 1.24. The second-order valence-corrected chi connectivity index (χ2v) is 8.28. The van der Waals surface area contributed by atoms with Gasteiger partial charge in [-0.2, -0.15) is 0 Å². The molecule has 1 atom stereocenters. The Morgan fingerprint density at radius 3 is 2.70 bits per heavy atom. The molecule has 3 heterocycles. The molecule has 158 valence electrons. The van der Waals surface area contributed by atoms with Crippen LogP contribution in [-0.2, 0) is 9.53 Å². The maximum absolute atomic E-state index is 14.0. The number of hydrogen-bond acceptors (Lipinski definition) is 6. The van der Waals surface area contributed by atoms with E-state index >= 15 is 0 Å². The van der Waals surface area contributed by atoms with Crippen LogP contribution in [0.5, 0.6) is 0 Å². The molecule has 1 saturated heterocycles. The van der Waals surface area contributed by atoms with E-state index in [9.17, 15) is 19.1 Å². The van der Waals surface area contributed by atoms with Crippen molar-refractivity contribution in [1.82, 2.24) is 9.80 Å². The number of hydrogen-bond donors (Lipinski definition) is 1. The Morgan fingerprint density at radius 2 is 2.00 bits per heavy atom. The van der Waals surface area contributed by atoms with Crippen molar-refractivity contribution >= 4 is 23.0 Å². The molecule has 1 N–H and O–H groups in total. The Hall–Kier alpha value is -2.55. The molecule has 2 aromatic rings. The second kappa shape index (κ2) is 9.07. The van der Waals surface area contributed by atoms with Crippen molar-refractivity contribution in [2.45, 2.75) is 12.5 Å². The molecular weight excluding hydrogens is 407 g/mol. The van der Waals surface area contributed by atoms with E-state index in [2.05, 4.69) is 4.90 Å². The summed E-state index contributed by atoms with van der Waals surface area (Å²) in [7, 11) is 0. The molecule has 0 aliphatic carbocycles. The maximum atomic E-state index is 14.0. The van der Waals surface area contributed by atoms with Gasteiger partial charge >= 0.3 is 0 Å². The van der Waals surface area contributed by atoms with Crippen LogP contribution in [0, 0.1) is 5.82 Å². The van der Waals surface area contributed by atoms with Crippen molar-refractivity contribution in [3.63, 3.8) is 0 Å². The molecule has 0 bridgehead atoms. The van der Waals surface area contributed by atoms with Crippen molar-refractivity contribution in [3.8, 4) is 0 Å². The van der Waals surface area contributed by atoms with E-state index in [1.807, 2.05) is 0 Å². The lowest BCUT2D eigenvalue weighted by molar-refractivity contribution is -0.129. The lowest BCUT2D eigenvalue weighted by atomic mass is 9.95. The lowest BCUT2D eigenvalue weighted by Gasteiger charge is -2.30. The molecule has 1 aromatic carbocycles. The number of carbonyl (C=O) groups excluding carboxylic acids is 2. The third kappa shape index (κ3) is 4.16. The molecule has 1 amide bonds. The lowest BCUT2D eigenvalue weighted by Crippen LogP contribution is -2.39. The van der Waals surface area contributed by atoms with Crippen LogP contribution < -0.4 is 0 Å². The summed E-state index contributed by atoms with van der Waals surface area (Å²) in [4.78, 5) is 30.1. The first kappa shape index (κ1) is 20.7. The molecule has 30 heavy (non-hydrogen) atoms. The second-order valence-electron chi connectivity index (χ2n) is 7.33. The van der Waals surface area contributed by atoms with Gasteiger partial charge < -0.3 is 14.7 Å². The molecule has 0 unspecified atom stereocenters. The highest BCUT2D eigenvalue weighted by Crippen LogP contribution is 2.39. The monoisotopic (exact) mass is 430 g/mol. The number of thiophene rings is 1. The van der Waals surface area contributed by atoms with Gasteiger partial charge in [0.1, 0.15) is 5.82 Å². The Balaban J connectivity index is 1.60. The normalized spacial score (nSPS) is 20.2. The van der Waals surface area contributed by atoms with E-state index in [1.165, 1.54) is 28.4 Å². The maximum Gasteiger partial charge on any atom is 0.290 e. The van der Waals surface area contributed by atoms with Gasteiger partial charge in [-0.15, -0.1) is 11.3 Å². The minimum atomic E-state index is -0.813. The Bertz CT molecular complexity index is 954. The van der Waals surface area contributed by atoms with Crippen LogP contribution in [0.15, 0.2) is 53.1 Å². The van der Waals surface area contributed by atoms with Crippen LogP contribution in [0.4, 0.5) is 4.39 Å². The first-order chi connectivity index (χ1) is 14.6. The Morgan fingerprint density at radius 1 is 1.20 bits per heavy atom. The summed E-state index contributed by atoms with van der Waals surface area (Å²) in [6, 6.07) is 8.43. The van der Waals surface area contributed by atoms with E-state index in [4.69, 9.17) is 4.74 Å². The van der Waals surface area contributed by atoms with Crippen molar-refractivity contribution in [3.05, 3.63) is 69.4 Å². The average molecular weight is 431 g/mol. The quantitative estimate of drug-likeness (QED) is 0.684. The topological polar surface area (TPSA) is 70.1 Å². The molecular formula is C22H23FN2O4S. The molecule has 0 saturated carbocycles. The summed E-state index contributed by atoms with van der Waals surface area (Å²) in [6.07, 6.45) is 0.672. The van der Waals surface area contributed by atoms with Crippen LogP contribution in [0.25, 0.3) is 0 Å². The number of aliphatic hydroxyl groups is 1. The number of rotatable bonds is 7. The number of benzene rings is 1. The van der Waals surface area contributed by atoms with Crippen LogP contribution in [0.1, 0.15) is 27.7 Å². The van der Waals surface area contributed by atoms with Crippen LogP contribution in [0.2, 0.25) is 0 Å². The molecule has 0 spiro atoms. The SMILES string of the molecule is O=C(C1=C(O)C(=O)N(CCCN2CCOCC2)[C@@H]1c1cccc(F)c1)c1cccs1. The van der Waals surface area contributed by atoms with E-state index < -0.39 is 29.3 Å². The zero-order valence-corrected chi connectivity index (χ0v) is 17.2. The molecule has 4 rings (SSSR count). The molecule has 2 aliphatic rings. The summed E-state index contributed by atoms with van der Waals surface area (Å²) in [5, 5.41) is 12.4. The van der Waals surface area contributed by atoms with Gasteiger partial charge in [-0.25, -0.2) is 4.39 Å². The zero-order valence-electron chi connectivity index (χ0n) is 16.4. The first-order valence-corrected chi connectivity index (χ1v) is 10.8. The van der Waals surface area contributed by atoms with Crippen LogP contribution in [0.3, 0.4) is 0 Å². The van der Waals surface area contributed by atoms with E-state index in [1.54, 1.807) is 29.6 Å². The number of carbonyl (C=O) groups is 2. The van der Waals surface area contributed by atoms with Crippen molar-refractivity contribution < 1.29 is 23.8 Å². The largest absolute Gasteiger partial charge is 0.503 e. The van der Waals surface area contributed by atoms with E-state index in [0.29, 0.717) is 36.6 Å². The van der Waals surface area contributed by atoms with Crippen molar-refractivity contribution in [2.75, 3.05) is 39.4 Å². The predicted octanol–water partition coefficient (Wildman–Crippen LogP) is 3.19. The molecule has 1 aromatic heterocycles. The fourth-order valence-electron chi connectivity index (χ4n) is 3.97. The Labute approximate surface area is 178 Å². The number of ether oxygens (including phenoxy) is 1. The van der Waals surface area contributed by atoms with Gasteiger partial charge in [0.05, 0.1) is 29.7 Å². The summed E-state index contributed by atoms with van der Waals surface area (Å²) in [6.45, 7) is 4.19. The highest BCUT2D eigenvalue weighted by Gasteiger charge is 2.43. The van der Waals surface area contributed by atoms with Crippen molar-refractivity contribution in [1.29, 1.82) is 0 Å². The summed E-state index contributed by atoms with van der Waals surface area (Å²) < 4.78 is 19.3. The van der Waals surface area contributed by atoms with Crippen LogP contribution >= 0.6 is 11.3 Å². The van der Waals surface area contributed by atoms with Gasteiger partial charge in [-0.05, 0) is 35.6 Å². The predicted molar refractivity (Wildman–Crippen MR) is 111 cm³/mol. The minimum Gasteiger partial charge on any atom is -0.503 e. The summed E-state index contributed by atoms with van der Waals surface area (Å²) in [5.41, 5.74) is 0.484. The molecule has 0 radical (unpaired) electrons. The minimum absolute atomic E-state index is 0.0134. The smallest absolute Gasteiger partial charge is 0.290 e. The average Bonchev–Trinajstić information content (AvgIpc) is 3.37. The molecule has 8 heteroatoms. The third-order valence-corrected chi connectivity index (χ3v) is 6.30. The number of Topliss-reactive ketones (excluding diaryl/α,β-unsaturated/α-hetero) is 1. The molecule has 6 nitrogen and oxygen atoms in total. The van der Waals surface area contributed by atoms with Gasteiger partial charge in [-0.1, -0.05) is 18.2 Å². The number of nitrogens with zero attached hydrogens (tertiary/aromatic N) is 2. The van der Waals surface area contributed by atoms with Crippen LogP contribution in [-0.4, -0.2) is 66.0 Å². The van der Waals surface area contributed by atoms with Gasteiger partial charge in [0.15, 0.2) is 5.76 Å². The van der Waals surface area contributed by atoms with Crippen molar-refractivity contribution in [2.24, 2.45) is 0 Å². The first-order valence-electron chi connectivity index (χ1n) is 9.94. The highest BCUT2D eigenvalue weighted by molar-refractivity contribution is 7.12. The van der Waals surface area contributed by atoms with Gasteiger partial charge in [0, 0.05) is 26.2 Å². The van der Waals surface area contributed by atoms with E-state index in [0.717, 1.165) is 19.6 Å². The Kier molecular flexibility index (Phi) is 6.26. The zero-order chi connectivity index (χ0) is 21.1. The standard InChI is InChI=1S/C22H23FN2O4S/c23-16-5-1-4-15(14-16)19-18(20(26)17-6-2-13-30-17)21(27)22(28)25(19)8-3-7-24-9-11-29-12-10-24/h1-2,4-6,13-14,19,27H,3,7-12H2/t19-/m1/s1. The fraction of sp³-hybridized carbons (Fsp3) is 0.364. The number of morpholine rings is 1.